The van der Waals surface area contributed by atoms with E-state index in [-0.39, 0.29) is 23.4 Å². The number of alkyl halides is 3. The number of aromatic nitrogens is 3. The molecule has 0 N–H and O–H groups in total. The van der Waals surface area contributed by atoms with Gasteiger partial charge >= 0.3 is 12.1 Å². The molecule has 0 radical (unpaired) electrons. The van der Waals surface area contributed by atoms with Crippen molar-refractivity contribution in [3.8, 4) is 28.8 Å². The molecule has 1 amide bonds. The highest BCUT2D eigenvalue weighted by Crippen LogP contribution is 2.29. The second kappa shape index (κ2) is 8.63. The second-order valence-electron chi connectivity index (χ2n) is 7.11. The number of hydrogen-bond donors (Lipinski definition) is 0. The Hall–Kier alpha value is -4.39. The Morgan fingerprint density at radius 2 is 1.76 bits per heavy atom. The van der Waals surface area contributed by atoms with Gasteiger partial charge in [0.05, 0.1) is 12.2 Å². The molecule has 0 bridgehead atoms. The molecule has 0 aliphatic carbocycles. The summed E-state index contributed by atoms with van der Waals surface area (Å²) in [7, 11) is 1.04. The van der Waals surface area contributed by atoms with E-state index in [9.17, 15) is 23.2 Å². The van der Waals surface area contributed by atoms with E-state index in [4.69, 9.17) is 4.74 Å². The molecule has 2 heterocycles. The smallest absolute Gasteiger partial charge is 0.457 e. The minimum absolute atomic E-state index is 0.165. The average Bonchev–Trinajstić information content (AvgIpc) is 3.19. The van der Waals surface area contributed by atoms with E-state index in [1.807, 2.05) is 30.3 Å². The van der Waals surface area contributed by atoms with Crippen molar-refractivity contribution >= 4 is 11.6 Å². The number of amides is 1. The fraction of sp³-hybridized carbons (Fsp3) is 0.130. The number of ether oxygens (including phenoxy) is 1. The maximum absolute atomic E-state index is 12.8. The Bertz CT molecular complexity index is 1340. The quantitative estimate of drug-likeness (QED) is 0.444. The van der Waals surface area contributed by atoms with Gasteiger partial charge < -0.3 is 9.64 Å². The van der Waals surface area contributed by atoms with Crippen LogP contribution in [0.25, 0.3) is 16.9 Å². The van der Waals surface area contributed by atoms with Crippen LogP contribution in [0.15, 0.2) is 66.9 Å². The summed E-state index contributed by atoms with van der Waals surface area (Å²) in [4.78, 5) is 16.2. The van der Waals surface area contributed by atoms with Crippen molar-refractivity contribution < 1.29 is 22.7 Å². The fourth-order valence-corrected chi connectivity index (χ4v) is 3.25. The van der Waals surface area contributed by atoms with Crippen LogP contribution in [0.4, 0.5) is 13.2 Å². The zero-order chi connectivity index (χ0) is 23.6. The van der Waals surface area contributed by atoms with Crippen LogP contribution in [0.3, 0.4) is 0 Å². The highest BCUT2D eigenvalue weighted by molar-refractivity contribution is 5.81. The molecule has 0 saturated carbocycles. The summed E-state index contributed by atoms with van der Waals surface area (Å²) < 4.78 is 45.3. The lowest BCUT2D eigenvalue weighted by molar-refractivity contribution is -0.184. The monoisotopic (exact) mass is 451 g/mol. The lowest BCUT2D eigenvalue weighted by Gasteiger charge is -2.18. The third kappa shape index (κ3) is 4.48. The zero-order valence-electron chi connectivity index (χ0n) is 17.2. The van der Waals surface area contributed by atoms with Crippen LogP contribution in [0, 0.1) is 11.3 Å². The number of para-hydroxylation sites is 1. The summed E-state index contributed by atoms with van der Waals surface area (Å²) in [5, 5.41) is 14.1. The molecule has 4 rings (SSSR count). The van der Waals surface area contributed by atoms with Gasteiger partial charge in [0, 0.05) is 18.8 Å². The number of carbonyl (C=O) groups excluding carboxylic acids is 1. The van der Waals surface area contributed by atoms with Crippen molar-refractivity contribution in [2.45, 2.75) is 12.7 Å². The third-order valence-electron chi connectivity index (χ3n) is 4.80. The summed E-state index contributed by atoms with van der Waals surface area (Å²) in [5.41, 5.74) is 1.53. The Morgan fingerprint density at radius 1 is 1.09 bits per heavy atom. The number of carbonyl (C=O) groups is 1. The van der Waals surface area contributed by atoms with Crippen LogP contribution in [-0.2, 0) is 11.3 Å². The molecule has 0 fully saturated rings. The predicted molar refractivity (Wildman–Crippen MR) is 112 cm³/mol. The van der Waals surface area contributed by atoms with Crippen LogP contribution in [0.2, 0.25) is 0 Å². The molecule has 2 aromatic carbocycles. The first kappa shape index (κ1) is 21.8. The first-order chi connectivity index (χ1) is 15.8. The van der Waals surface area contributed by atoms with E-state index in [0.29, 0.717) is 27.7 Å². The maximum atomic E-state index is 12.8. The first-order valence-electron chi connectivity index (χ1n) is 9.70. The van der Waals surface area contributed by atoms with Crippen LogP contribution in [0.1, 0.15) is 11.3 Å². The molecule has 0 aliphatic heterocycles. The summed E-state index contributed by atoms with van der Waals surface area (Å²) in [6, 6.07) is 19.6. The van der Waals surface area contributed by atoms with Crippen molar-refractivity contribution in [2.75, 3.05) is 7.05 Å². The highest BCUT2D eigenvalue weighted by atomic mass is 19.4. The summed E-state index contributed by atoms with van der Waals surface area (Å²) in [5.74, 6) is -0.727. The molecular formula is C23H16F3N5O2. The standard InChI is InChI=1S/C23H16F3N5O2/c1-30(22(32)23(24,25)26)14-16-11-12-28-21-19(13-27)20(29-31(16)21)15-7-9-18(10-8-15)33-17-5-3-2-4-6-17/h2-12H,14H2,1H3. The van der Waals surface area contributed by atoms with Gasteiger partial charge in [-0.15, -0.1) is 0 Å². The highest BCUT2D eigenvalue weighted by Gasteiger charge is 2.41. The van der Waals surface area contributed by atoms with Gasteiger partial charge in [0.15, 0.2) is 5.65 Å². The molecule has 4 aromatic rings. The SMILES string of the molecule is CN(Cc1ccnc2c(C#N)c(-c3ccc(Oc4ccccc4)cc3)nn12)C(=O)C(F)(F)F. The van der Waals surface area contributed by atoms with E-state index in [2.05, 4.69) is 16.2 Å². The van der Waals surface area contributed by atoms with Gasteiger partial charge in [0.25, 0.3) is 0 Å². The van der Waals surface area contributed by atoms with E-state index in [0.717, 1.165) is 7.05 Å². The molecule has 10 heteroatoms. The van der Waals surface area contributed by atoms with Gasteiger partial charge in [-0.25, -0.2) is 9.50 Å². The van der Waals surface area contributed by atoms with E-state index >= 15 is 0 Å². The van der Waals surface area contributed by atoms with Gasteiger partial charge in [-0.2, -0.15) is 23.5 Å². The first-order valence-corrected chi connectivity index (χ1v) is 9.70. The van der Waals surface area contributed by atoms with E-state index in [1.54, 1.807) is 24.3 Å². The Balaban J connectivity index is 1.67. The van der Waals surface area contributed by atoms with Gasteiger partial charge in [-0.3, -0.25) is 4.79 Å². The molecule has 33 heavy (non-hydrogen) atoms. The largest absolute Gasteiger partial charge is 0.471 e. The summed E-state index contributed by atoms with van der Waals surface area (Å²) in [6.07, 6.45) is -3.63. The zero-order valence-corrected chi connectivity index (χ0v) is 17.2. The maximum Gasteiger partial charge on any atom is 0.471 e. The molecule has 0 spiro atoms. The number of fused-ring (bicyclic) bond motifs is 1. The predicted octanol–water partition coefficient (Wildman–Crippen LogP) is 4.58. The molecule has 0 saturated heterocycles. The normalized spacial score (nSPS) is 11.2. The molecule has 0 unspecified atom stereocenters. The lowest BCUT2D eigenvalue weighted by Crippen LogP contribution is -2.38. The van der Waals surface area contributed by atoms with Crippen LogP contribution < -0.4 is 4.74 Å². The molecule has 166 valence electrons. The molecule has 7 nitrogen and oxygen atoms in total. The number of rotatable bonds is 5. The number of benzene rings is 2. The minimum Gasteiger partial charge on any atom is -0.457 e. The molecule has 0 aliphatic rings. The van der Waals surface area contributed by atoms with Crippen molar-refractivity contribution in [3.05, 3.63) is 78.1 Å². The fourth-order valence-electron chi connectivity index (χ4n) is 3.25. The molecular weight excluding hydrogens is 435 g/mol. The minimum atomic E-state index is -4.99. The lowest BCUT2D eigenvalue weighted by atomic mass is 10.1. The van der Waals surface area contributed by atoms with E-state index < -0.39 is 12.1 Å². The summed E-state index contributed by atoms with van der Waals surface area (Å²) >= 11 is 0. The molecule has 0 atom stereocenters. The van der Waals surface area contributed by atoms with Gasteiger partial charge in [-0.1, -0.05) is 18.2 Å². The Morgan fingerprint density at radius 3 is 2.39 bits per heavy atom. The number of hydrogen-bond acceptors (Lipinski definition) is 5. The molecule has 2 aromatic heterocycles. The van der Waals surface area contributed by atoms with Gasteiger partial charge in [0.1, 0.15) is 28.8 Å². The Kier molecular flexibility index (Phi) is 5.70. The number of halogens is 3. The van der Waals surface area contributed by atoms with Crippen LogP contribution >= 0.6 is 0 Å². The van der Waals surface area contributed by atoms with Crippen molar-refractivity contribution in [1.82, 2.24) is 19.5 Å². The van der Waals surface area contributed by atoms with Crippen molar-refractivity contribution in [3.63, 3.8) is 0 Å². The topological polar surface area (TPSA) is 83.5 Å². The van der Waals surface area contributed by atoms with Crippen LogP contribution in [0.5, 0.6) is 11.5 Å². The third-order valence-corrected chi connectivity index (χ3v) is 4.80. The van der Waals surface area contributed by atoms with Gasteiger partial charge in [-0.05, 0) is 42.5 Å². The number of nitriles is 1. The second-order valence-corrected chi connectivity index (χ2v) is 7.11. The van der Waals surface area contributed by atoms with Crippen molar-refractivity contribution in [2.24, 2.45) is 0 Å². The van der Waals surface area contributed by atoms with Crippen LogP contribution in [-0.4, -0.2) is 38.6 Å². The van der Waals surface area contributed by atoms with E-state index in [1.165, 1.54) is 16.8 Å². The summed E-state index contributed by atoms with van der Waals surface area (Å²) in [6.45, 7) is -0.368. The van der Waals surface area contributed by atoms with Gasteiger partial charge in [0.2, 0.25) is 0 Å². The Labute approximate surface area is 186 Å². The number of nitrogens with zero attached hydrogens (tertiary/aromatic N) is 5. The van der Waals surface area contributed by atoms with Crippen molar-refractivity contribution in [1.29, 1.82) is 5.26 Å². The average molecular weight is 451 g/mol.